The predicted octanol–water partition coefficient (Wildman–Crippen LogP) is 0.317. The Labute approximate surface area is 75.1 Å². The van der Waals surface area contributed by atoms with Gasteiger partial charge in [-0.3, -0.25) is 4.90 Å². The van der Waals surface area contributed by atoms with Crippen LogP contribution in [-0.2, 0) is 4.74 Å². The van der Waals surface area contributed by atoms with E-state index in [0.717, 1.165) is 26.2 Å². The molecule has 72 valence electrons. The molecule has 0 aromatic carbocycles. The molecule has 3 heteroatoms. The highest BCUT2D eigenvalue weighted by Crippen LogP contribution is 2.10. The Morgan fingerprint density at radius 1 is 1.58 bits per heavy atom. The Morgan fingerprint density at radius 2 is 2.42 bits per heavy atom. The van der Waals surface area contributed by atoms with Crippen LogP contribution in [0.1, 0.15) is 13.3 Å². The molecule has 0 aliphatic carbocycles. The highest BCUT2D eigenvalue weighted by Gasteiger charge is 2.20. The Balaban J connectivity index is 2.03. The molecule has 0 bridgehead atoms. The van der Waals surface area contributed by atoms with Crippen molar-refractivity contribution < 1.29 is 4.74 Å². The maximum Gasteiger partial charge on any atom is 0.0710 e. The van der Waals surface area contributed by atoms with Crippen LogP contribution in [0.5, 0.6) is 0 Å². The average molecular weight is 172 g/mol. The lowest BCUT2D eigenvalue weighted by Crippen LogP contribution is -2.31. The maximum atomic E-state index is 5.29. The summed E-state index contributed by atoms with van der Waals surface area (Å²) in [7, 11) is 1.80. The van der Waals surface area contributed by atoms with Crippen LogP contribution < -0.4 is 5.32 Å². The average Bonchev–Trinajstić information content (AvgIpc) is 2.53. The molecule has 0 saturated carbocycles. The number of methoxy groups -OCH3 is 1. The number of ether oxygens (including phenoxy) is 1. The van der Waals surface area contributed by atoms with Crippen LogP contribution in [0.3, 0.4) is 0 Å². The molecule has 0 aromatic rings. The monoisotopic (exact) mass is 172 g/mol. The summed E-state index contributed by atoms with van der Waals surface area (Å²) in [6.45, 7) is 7.79. The van der Waals surface area contributed by atoms with Crippen molar-refractivity contribution in [3.8, 4) is 0 Å². The van der Waals surface area contributed by atoms with Crippen LogP contribution in [0.25, 0.3) is 0 Å². The van der Waals surface area contributed by atoms with E-state index in [1.54, 1.807) is 7.11 Å². The number of likely N-dealkylation sites (N-methyl/N-ethyl adjacent to an activating group) is 1. The predicted molar refractivity (Wildman–Crippen MR) is 50.4 cm³/mol. The Morgan fingerprint density at radius 3 is 3.00 bits per heavy atom. The topological polar surface area (TPSA) is 24.5 Å². The van der Waals surface area contributed by atoms with E-state index in [-0.39, 0.29) is 0 Å². The van der Waals surface area contributed by atoms with Crippen LogP contribution in [0.4, 0.5) is 0 Å². The third-order valence-corrected chi connectivity index (χ3v) is 2.42. The van der Waals surface area contributed by atoms with E-state index >= 15 is 0 Å². The summed E-state index contributed by atoms with van der Waals surface area (Å²) in [5, 5.41) is 3.33. The van der Waals surface area contributed by atoms with Gasteiger partial charge in [-0.25, -0.2) is 0 Å². The van der Waals surface area contributed by atoms with Crippen LogP contribution in [-0.4, -0.2) is 50.8 Å². The molecule has 1 unspecified atom stereocenters. The van der Waals surface area contributed by atoms with E-state index in [4.69, 9.17) is 4.74 Å². The molecule has 1 rings (SSSR count). The number of rotatable bonds is 5. The van der Waals surface area contributed by atoms with Gasteiger partial charge in [-0.15, -0.1) is 0 Å². The van der Waals surface area contributed by atoms with Gasteiger partial charge in [0.15, 0.2) is 0 Å². The van der Waals surface area contributed by atoms with Crippen molar-refractivity contribution in [3.63, 3.8) is 0 Å². The fraction of sp³-hybridized carbons (Fsp3) is 1.00. The van der Waals surface area contributed by atoms with Gasteiger partial charge in [-0.05, 0) is 13.0 Å². The van der Waals surface area contributed by atoms with Gasteiger partial charge in [0, 0.05) is 33.3 Å². The summed E-state index contributed by atoms with van der Waals surface area (Å²) in [5.74, 6) is 0. The Hall–Kier alpha value is -0.120. The fourth-order valence-electron chi connectivity index (χ4n) is 1.61. The lowest BCUT2D eigenvalue weighted by molar-refractivity contribution is 0.108. The third kappa shape index (κ3) is 3.09. The zero-order chi connectivity index (χ0) is 8.81. The minimum atomic E-state index is 0.478. The molecule has 0 amide bonds. The van der Waals surface area contributed by atoms with Crippen molar-refractivity contribution in [3.05, 3.63) is 0 Å². The second-order valence-electron chi connectivity index (χ2n) is 3.30. The normalized spacial score (nSPS) is 25.0. The number of hydrogen-bond acceptors (Lipinski definition) is 3. The van der Waals surface area contributed by atoms with Gasteiger partial charge in [-0.2, -0.15) is 0 Å². The van der Waals surface area contributed by atoms with E-state index in [2.05, 4.69) is 17.1 Å². The second-order valence-corrected chi connectivity index (χ2v) is 3.30. The van der Waals surface area contributed by atoms with Gasteiger partial charge >= 0.3 is 0 Å². The van der Waals surface area contributed by atoms with Gasteiger partial charge in [0.25, 0.3) is 0 Å². The SMILES string of the molecule is CCNCCN1CCC(OC)C1. The van der Waals surface area contributed by atoms with Crippen molar-refractivity contribution in [1.82, 2.24) is 10.2 Å². The van der Waals surface area contributed by atoms with E-state index < -0.39 is 0 Å². The zero-order valence-electron chi connectivity index (χ0n) is 8.18. The van der Waals surface area contributed by atoms with E-state index in [1.165, 1.54) is 13.0 Å². The van der Waals surface area contributed by atoms with E-state index in [9.17, 15) is 0 Å². The van der Waals surface area contributed by atoms with Crippen LogP contribution >= 0.6 is 0 Å². The molecule has 0 aromatic heterocycles. The second kappa shape index (κ2) is 5.51. The standard InChI is InChI=1S/C9H20N2O/c1-3-10-5-7-11-6-4-9(8-11)12-2/h9-10H,3-8H2,1-2H3. The minimum Gasteiger partial charge on any atom is -0.380 e. The number of hydrogen-bond donors (Lipinski definition) is 1. The molecule has 1 fully saturated rings. The first-order chi connectivity index (χ1) is 5.86. The molecule has 1 saturated heterocycles. The summed E-state index contributed by atoms with van der Waals surface area (Å²) in [6, 6.07) is 0. The summed E-state index contributed by atoms with van der Waals surface area (Å²) in [5.41, 5.74) is 0. The maximum absolute atomic E-state index is 5.29. The van der Waals surface area contributed by atoms with Crippen LogP contribution in [0, 0.1) is 0 Å². The quantitative estimate of drug-likeness (QED) is 0.604. The van der Waals surface area contributed by atoms with Gasteiger partial charge in [0.2, 0.25) is 0 Å². The molecule has 1 aliphatic heterocycles. The largest absolute Gasteiger partial charge is 0.380 e. The van der Waals surface area contributed by atoms with Crippen LogP contribution in [0.2, 0.25) is 0 Å². The number of likely N-dealkylation sites (tertiary alicyclic amines) is 1. The molecule has 1 atom stereocenters. The minimum absolute atomic E-state index is 0.478. The summed E-state index contributed by atoms with van der Waals surface area (Å²) in [6.07, 6.45) is 1.68. The van der Waals surface area contributed by atoms with Gasteiger partial charge in [0.05, 0.1) is 6.10 Å². The molecule has 0 radical (unpaired) electrons. The molecular formula is C9H20N2O. The molecule has 1 N–H and O–H groups in total. The zero-order valence-corrected chi connectivity index (χ0v) is 8.18. The van der Waals surface area contributed by atoms with Gasteiger partial charge in [0.1, 0.15) is 0 Å². The van der Waals surface area contributed by atoms with Crippen molar-refractivity contribution in [2.45, 2.75) is 19.4 Å². The van der Waals surface area contributed by atoms with Crippen molar-refractivity contribution in [2.24, 2.45) is 0 Å². The fourth-order valence-corrected chi connectivity index (χ4v) is 1.61. The number of nitrogens with zero attached hydrogens (tertiary/aromatic N) is 1. The summed E-state index contributed by atoms with van der Waals surface area (Å²) in [4.78, 5) is 2.46. The lowest BCUT2D eigenvalue weighted by atomic mass is 10.3. The highest BCUT2D eigenvalue weighted by molar-refractivity contribution is 4.75. The first-order valence-corrected chi connectivity index (χ1v) is 4.82. The summed E-state index contributed by atoms with van der Waals surface area (Å²) >= 11 is 0. The first kappa shape index (κ1) is 9.96. The molecule has 12 heavy (non-hydrogen) atoms. The first-order valence-electron chi connectivity index (χ1n) is 4.82. The third-order valence-electron chi connectivity index (χ3n) is 2.42. The number of nitrogens with one attached hydrogen (secondary N) is 1. The Bertz CT molecular complexity index is 119. The highest BCUT2D eigenvalue weighted by atomic mass is 16.5. The molecular weight excluding hydrogens is 152 g/mol. The van der Waals surface area contributed by atoms with E-state index in [1.807, 2.05) is 0 Å². The lowest BCUT2D eigenvalue weighted by Gasteiger charge is -2.15. The van der Waals surface area contributed by atoms with Gasteiger partial charge in [-0.1, -0.05) is 6.92 Å². The van der Waals surface area contributed by atoms with Crippen LogP contribution in [0.15, 0.2) is 0 Å². The van der Waals surface area contributed by atoms with Crippen molar-refractivity contribution >= 4 is 0 Å². The molecule has 0 spiro atoms. The summed E-state index contributed by atoms with van der Waals surface area (Å²) < 4.78 is 5.29. The van der Waals surface area contributed by atoms with Crippen molar-refractivity contribution in [2.75, 3.05) is 39.8 Å². The molecule has 1 aliphatic rings. The smallest absolute Gasteiger partial charge is 0.0710 e. The van der Waals surface area contributed by atoms with E-state index in [0.29, 0.717) is 6.10 Å². The molecule has 3 nitrogen and oxygen atoms in total. The van der Waals surface area contributed by atoms with Gasteiger partial charge < -0.3 is 10.1 Å². The Kier molecular flexibility index (Phi) is 4.58. The van der Waals surface area contributed by atoms with Crippen molar-refractivity contribution in [1.29, 1.82) is 0 Å². The molecule has 1 heterocycles.